The first-order valence-corrected chi connectivity index (χ1v) is 11.7. The average Bonchev–Trinajstić information content (AvgIpc) is 2.70. The van der Waals surface area contributed by atoms with Crippen molar-refractivity contribution in [1.82, 2.24) is 0 Å². The first-order chi connectivity index (χ1) is 14.5. The maximum absolute atomic E-state index is 10.8. The van der Waals surface area contributed by atoms with Gasteiger partial charge in [0, 0.05) is 5.56 Å². The molecule has 0 fully saturated rings. The van der Waals surface area contributed by atoms with E-state index in [9.17, 15) is 15.3 Å². The molecule has 0 radical (unpaired) electrons. The van der Waals surface area contributed by atoms with E-state index in [0.29, 0.717) is 36.0 Å². The lowest BCUT2D eigenvalue weighted by molar-refractivity contribution is 0.0539. The van der Waals surface area contributed by atoms with E-state index < -0.39 is 5.60 Å². The Balaban J connectivity index is 2.53. The second kappa shape index (κ2) is 12.8. The highest BCUT2D eigenvalue weighted by Gasteiger charge is 2.21. The van der Waals surface area contributed by atoms with E-state index in [0.717, 1.165) is 32.1 Å². The van der Waals surface area contributed by atoms with Gasteiger partial charge in [-0.15, -0.1) is 0 Å². The van der Waals surface area contributed by atoms with Gasteiger partial charge in [-0.3, -0.25) is 0 Å². The van der Waals surface area contributed by atoms with Crippen LogP contribution in [0.5, 0.6) is 11.5 Å². The van der Waals surface area contributed by atoms with Crippen molar-refractivity contribution in [3.8, 4) is 11.5 Å². The molecular weight excluding hydrogens is 384 g/mol. The molecule has 0 amide bonds. The molecule has 31 heavy (non-hydrogen) atoms. The lowest BCUT2D eigenvalue weighted by Crippen LogP contribution is -2.24. The number of aryl methyl sites for hydroxylation is 1. The predicted molar refractivity (Wildman–Crippen MR) is 133 cm³/mol. The molecule has 0 aromatic heterocycles. The molecular formula is C28H44O3. The number of rotatable bonds is 12. The number of aliphatic hydroxyl groups is 1. The van der Waals surface area contributed by atoms with Gasteiger partial charge >= 0.3 is 0 Å². The largest absolute Gasteiger partial charge is 0.508 e. The first kappa shape index (κ1) is 27.0. The van der Waals surface area contributed by atoms with Crippen LogP contribution >= 0.6 is 0 Å². The Labute approximate surface area is 190 Å². The highest BCUT2D eigenvalue weighted by molar-refractivity contribution is 5.51. The quantitative estimate of drug-likeness (QED) is 0.237. The van der Waals surface area contributed by atoms with Crippen LogP contribution in [0.3, 0.4) is 0 Å². The normalized spacial score (nSPS) is 15.3. The van der Waals surface area contributed by atoms with Crippen LogP contribution in [0.1, 0.15) is 96.3 Å². The van der Waals surface area contributed by atoms with Crippen molar-refractivity contribution in [2.24, 2.45) is 0 Å². The number of hydrogen-bond acceptors (Lipinski definition) is 3. The summed E-state index contributed by atoms with van der Waals surface area (Å²) in [6, 6.07) is 1.59. The number of benzene rings is 1. The summed E-state index contributed by atoms with van der Waals surface area (Å²) < 4.78 is 0. The summed E-state index contributed by atoms with van der Waals surface area (Å²) in [5.74, 6) is 0.417. The molecule has 3 nitrogen and oxygen atoms in total. The summed E-state index contributed by atoms with van der Waals surface area (Å²) in [5, 5.41) is 31.2. The lowest BCUT2D eigenvalue weighted by Gasteiger charge is -2.23. The highest BCUT2D eigenvalue weighted by atomic mass is 16.3. The first-order valence-electron chi connectivity index (χ1n) is 11.7. The van der Waals surface area contributed by atoms with Crippen LogP contribution in [0.4, 0.5) is 0 Å². The van der Waals surface area contributed by atoms with Gasteiger partial charge in [0.25, 0.3) is 0 Å². The van der Waals surface area contributed by atoms with Gasteiger partial charge in [-0.2, -0.15) is 0 Å². The van der Waals surface area contributed by atoms with Crippen molar-refractivity contribution >= 4 is 0 Å². The van der Waals surface area contributed by atoms with Gasteiger partial charge in [0.1, 0.15) is 11.5 Å². The Bertz CT molecular complexity index is 810. The molecule has 0 saturated carbocycles. The zero-order chi connectivity index (χ0) is 23.6. The third-order valence-electron chi connectivity index (χ3n) is 6.27. The Morgan fingerprint density at radius 3 is 2.06 bits per heavy atom. The van der Waals surface area contributed by atoms with E-state index in [2.05, 4.69) is 45.9 Å². The number of phenols is 2. The summed E-state index contributed by atoms with van der Waals surface area (Å²) in [7, 11) is 0. The van der Waals surface area contributed by atoms with E-state index in [1.54, 1.807) is 13.0 Å². The number of hydrogen-bond donors (Lipinski definition) is 3. The van der Waals surface area contributed by atoms with E-state index in [1.165, 1.54) is 16.7 Å². The average molecular weight is 429 g/mol. The number of phenolic OH excluding ortho intramolecular Hbond substituents is 2. The van der Waals surface area contributed by atoms with Crippen molar-refractivity contribution in [2.45, 2.75) is 105 Å². The van der Waals surface area contributed by atoms with Gasteiger partial charge in [-0.25, -0.2) is 0 Å². The SMILES string of the molecule is CC/C(C)=C/CC/C(C)=C/CC/C(C)=C/CC(C)(O)CCc1c(O)cc(C)c(O)c1C. The maximum atomic E-state index is 10.8. The van der Waals surface area contributed by atoms with Crippen LogP contribution in [0.2, 0.25) is 0 Å². The summed E-state index contributed by atoms with van der Waals surface area (Å²) in [6.45, 7) is 14.1. The molecule has 0 aliphatic rings. The van der Waals surface area contributed by atoms with Crippen molar-refractivity contribution in [2.75, 3.05) is 0 Å². The van der Waals surface area contributed by atoms with Crippen LogP contribution in [-0.2, 0) is 6.42 Å². The summed E-state index contributed by atoms with van der Waals surface area (Å²) >= 11 is 0. The molecule has 1 unspecified atom stereocenters. The molecule has 0 spiro atoms. The fourth-order valence-electron chi connectivity index (χ4n) is 3.64. The van der Waals surface area contributed by atoms with Crippen LogP contribution in [0.15, 0.2) is 41.0 Å². The monoisotopic (exact) mass is 428 g/mol. The summed E-state index contributed by atoms with van der Waals surface area (Å²) in [5.41, 5.74) is 5.42. The van der Waals surface area contributed by atoms with Gasteiger partial charge in [0.05, 0.1) is 5.60 Å². The minimum absolute atomic E-state index is 0.192. The van der Waals surface area contributed by atoms with Gasteiger partial charge in [0.15, 0.2) is 0 Å². The number of aromatic hydroxyl groups is 2. The van der Waals surface area contributed by atoms with E-state index in [-0.39, 0.29) is 11.5 Å². The predicted octanol–water partition coefficient (Wildman–Crippen LogP) is 7.60. The molecule has 0 bridgehead atoms. The van der Waals surface area contributed by atoms with Crippen molar-refractivity contribution in [3.05, 3.63) is 57.7 Å². The zero-order valence-corrected chi connectivity index (χ0v) is 20.8. The van der Waals surface area contributed by atoms with Crippen LogP contribution in [0, 0.1) is 13.8 Å². The topological polar surface area (TPSA) is 60.7 Å². The fourth-order valence-corrected chi connectivity index (χ4v) is 3.64. The molecule has 3 N–H and O–H groups in total. The van der Waals surface area contributed by atoms with Crippen LogP contribution < -0.4 is 0 Å². The lowest BCUT2D eigenvalue weighted by atomic mass is 9.90. The standard InChI is InChI=1S/C28H44O3/c1-8-20(2)11-9-12-21(3)13-10-14-22(4)15-17-28(7,31)18-16-25-24(6)27(30)23(5)19-26(25)29/h11,13,15,19,29-31H,8-10,12,14,16-18H2,1-7H3/b20-11+,21-13+,22-15+. The Kier molecular flexibility index (Phi) is 11.1. The maximum Gasteiger partial charge on any atom is 0.121 e. The molecule has 1 aromatic carbocycles. The number of allylic oxidation sites excluding steroid dienone is 5. The third-order valence-corrected chi connectivity index (χ3v) is 6.27. The Hall–Kier alpha value is -2.00. The van der Waals surface area contributed by atoms with Gasteiger partial charge in [0.2, 0.25) is 0 Å². The van der Waals surface area contributed by atoms with Crippen molar-refractivity contribution < 1.29 is 15.3 Å². The molecule has 1 atom stereocenters. The Morgan fingerprint density at radius 1 is 0.935 bits per heavy atom. The molecule has 0 aliphatic carbocycles. The van der Waals surface area contributed by atoms with Crippen molar-refractivity contribution in [1.29, 1.82) is 0 Å². The summed E-state index contributed by atoms with van der Waals surface area (Å²) in [4.78, 5) is 0. The fraction of sp³-hybridized carbons (Fsp3) is 0.571. The van der Waals surface area contributed by atoms with Crippen molar-refractivity contribution in [3.63, 3.8) is 0 Å². The molecule has 0 aliphatic heterocycles. The molecule has 0 heterocycles. The Morgan fingerprint density at radius 2 is 1.48 bits per heavy atom. The zero-order valence-electron chi connectivity index (χ0n) is 20.8. The minimum Gasteiger partial charge on any atom is -0.508 e. The van der Waals surface area contributed by atoms with E-state index >= 15 is 0 Å². The highest BCUT2D eigenvalue weighted by Crippen LogP contribution is 2.34. The van der Waals surface area contributed by atoms with Gasteiger partial charge in [-0.1, -0.05) is 41.9 Å². The van der Waals surface area contributed by atoms with Crippen LogP contribution in [0.25, 0.3) is 0 Å². The molecule has 1 rings (SSSR count). The van der Waals surface area contributed by atoms with Gasteiger partial charge in [-0.05, 0) is 110 Å². The van der Waals surface area contributed by atoms with Crippen LogP contribution in [-0.4, -0.2) is 20.9 Å². The summed E-state index contributed by atoms with van der Waals surface area (Å²) in [6.07, 6.45) is 13.8. The minimum atomic E-state index is -0.851. The van der Waals surface area contributed by atoms with Gasteiger partial charge < -0.3 is 15.3 Å². The van der Waals surface area contributed by atoms with E-state index in [4.69, 9.17) is 0 Å². The second-order valence-corrected chi connectivity index (χ2v) is 9.45. The van der Waals surface area contributed by atoms with E-state index in [1.807, 2.05) is 13.8 Å². The molecule has 1 aromatic rings. The second-order valence-electron chi connectivity index (χ2n) is 9.45. The smallest absolute Gasteiger partial charge is 0.121 e. The molecule has 174 valence electrons. The third kappa shape index (κ3) is 9.78. The molecule has 0 saturated heterocycles. The molecule has 3 heteroatoms.